The first-order valence-corrected chi connectivity index (χ1v) is 7.87. The summed E-state index contributed by atoms with van der Waals surface area (Å²) in [4.78, 5) is 13.1. The molecule has 1 saturated heterocycles. The number of nitrogens with zero attached hydrogens (tertiary/aromatic N) is 1. The van der Waals surface area contributed by atoms with Crippen molar-refractivity contribution in [3.8, 4) is 0 Å². The second-order valence-electron chi connectivity index (χ2n) is 5.95. The number of nitrogens with two attached hydrogens (primary N) is 1. The average Bonchev–Trinajstić information content (AvgIpc) is 2.70. The molecule has 1 amide bonds. The molecule has 1 aliphatic rings. The number of likely N-dealkylation sites (tertiary alicyclic amines) is 1. The Morgan fingerprint density at radius 2 is 1.86 bits per heavy atom. The molecule has 0 aliphatic carbocycles. The van der Waals surface area contributed by atoms with Gasteiger partial charge in [-0.15, -0.1) is 0 Å². The molecule has 0 bridgehead atoms. The van der Waals surface area contributed by atoms with Gasteiger partial charge in [0.15, 0.2) is 11.6 Å². The number of hydrogen-bond acceptors (Lipinski definition) is 3. The molecule has 0 atom stereocenters. The highest BCUT2D eigenvalue weighted by Crippen LogP contribution is 2.31. The van der Waals surface area contributed by atoms with Crippen molar-refractivity contribution in [3.05, 3.63) is 29.3 Å². The molecule has 0 radical (unpaired) electrons. The summed E-state index contributed by atoms with van der Waals surface area (Å²) in [6, 6.07) is 1.03. The molecule has 0 saturated carbocycles. The van der Waals surface area contributed by atoms with E-state index in [2.05, 4.69) is 0 Å². The average molecular weight is 318 g/mol. The summed E-state index contributed by atoms with van der Waals surface area (Å²) in [5.74, 6) is -3.31. The third-order valence-electron chi connectivity index (χ3n) is 3.52. The van der Waals surface area contributed by atoms with Crippen LogP contribution in [0.5, 0.6) is 0 Å². The van der Waals surface area contributed by atoms with Crippen LogP contribution >= 0.6 is 0 Å². The number of amides is 1. The molecular weight excluding hydrogens is 302 g/mol. The van der Waals surface area contributed by atoms with Gasteiger partial charge in [-0.2, -0.15) is 0 Å². The Hall–Kier alpha value is -1.54. The van der Waals surface area contributed by atoms with Crippen molar-refractivity contribution >= 4 is 15.9 Å². The molecule has 0 spiro atoms. The van der Waals surface area contributed by atoms with Crippen molar-refractivity contribution in [1.29, 1.82) is 0 Å². The molecular formula is C13H16F2N2O3S. The molecule has 0 unspecified atom stereocenters. The lowest BCUT2D eigenvalue weighted by atomic mass is 9.93. The number of carbonyl (C=O) groups excluding carboxylic acids is 1. The van der Waals surface area contributed by atoms with Crippen molar-refractivity contribution in [2.45, 2.75) is 25.2 Å². The van der Waals surface area contributed by atoms with Crippen LogP contribution in [0.4, 0.5) is 8.78 Å². The smallest absolute Gasteiger partial charge is 0.255 e. The molecule has 1 aliphatic heterocycles. The van der Waals surface area contributed by atoms with E-state index in [4.69, 9.17) is 5.14 Å². The number of benzene rings is 1. The summed E-state index contributed by atoms with van der Waals surface area (Å²) in [6.45, 7) is 4.77. The topological polar surface area (TPSA) is 80.5 Å². The van der Waals surface area contributed by atoms with E-state index in [9.17, 15) is 22.0 Å². The summed E-state index contributed by atoms with van der Waals surface area (Å²) in [5.41, 5.74) is -0.537. The molecule has 21 heavy (non-hydrogen) atoms. The highest BCUT2D eigenvalue weighted by Gasteiger charge is 2.34. The predicted molar refractivity (Wildman–Crippen MR) is 72.0 cm³/mol. The molecule has 1 heterocycles. The van der Waals surface area contributed by atoms with E-state index in [0.717, 1.165) is 6.42 Å². The first kappa shape index (κ1) is 15.8. The normalized spacial score (nSPS) is 18.0. The quantitative estimate of drug-likeness (QED) is 0.897. The second kappa shape index (κ2) is 5.03. The number of hydrogen-bond donors (Lipinski definition) is 1. The minimum Gasteiger partial charge on any atom is -0.338 e. The number of sulfonamides is 1. The summed E-state index contributed by atoms with van der Waals surface area (Å²) < 4.78 is 49.6. The van der Waals surface area contributed by atoms with Crippen LogP contribution < -0.4 is 5.14 Å². The Morgan fingerprint density at radius 3 is 2.33 bits per heavy atom. The zero-order valence-electron chi connectivity index (χ0n) is 11.7. The molecule has 0 aromatic heterocycles. The molecule has 1 aromatic rings. The molecule has 8 heteroatoms. The van der Waals surface area contributed by atoms with Crippen molar-refractivity contribution in [1.82, 2.24) is 4.90 Å². The number of carbonyl (C=O) groups is 1. The summed E-state index contributed by atoms with van der Waals surface area (Å²) >= 11 is 0. The zero-order valence-corrected chi connectivity index (χ0v) is 12.5. The summed E-state index contributed by atoms with van der Waals surface area (Å²) in [6.07, 6.45) is 0.743. The van der Waals surface area contributed by atoms with Crippen LogP contribution in [0, 0.1) is 17.0 Å². The van der Waals surface area contributed by atoms with Crippen LogP contribution in [0.25, 0.3) is 0 Å². The Kier molecular flexibility index (Phi) is 3.79. The van der Waals surface area contributed by atoms with Gasteiger partial charge in [-0.05, 0) is 24.0 Å². The van der Waals surface area contributed by atoms with E-state index in [1.54, 1.807) is 0 Å². The molecule has 2 rings (SSSR count). The van der Waals surface area contributed by atoms with E-state index < -0.39 is 38.0 Å². The van der Waals surface area contributed by atoms with Gasteiger partial charge in [0, 0.05) is 13.1 Å². The monoisotopic (exact) mass is 318 g/mol. The largest absolute Gasteiger partial charge is 0.338 e. The van der Waals surface area contributed by atoms with E-state index in [-0.39, 0.29) is 5.41 Å². The lowest BCUT2D eigenvalue weighted by Gasteiger charge is -2.20. The minimum absolute atomic E-state index is 0.101. The van der Waals surface area contributed by atoms with Crippen molar-refractivity contribution < 1.29 is 22.0 Å². The number of halogens is 2. The Balaban J connectivity index is 2.49. The fourth-order valence-electron chi connectivity index (χ4n) is 2.39. The number of primary sulfonamides is 1. The van der Waals surface area contributed by atoms with Gasteiger partial charge < -0.3 is 4.90 Å². The third kappa shape index (κ3) is 3.21. The summed E-state index contributed by atoms with van der Waals surface area (Å²) in [5, 5.41) is 4.98. The van der Waals surface area contributed by atoms with Crippen LogP contribution in [-0.2, 0) is 10.0 Å². The Labute approximate surface area is 121 Å². The van der Waals surface area contributed by atoms with Crippen molar-refractivity contribution in [2.75, 3.05) is 13.1 Å². The van der Waals surface area contributed by atoms with Gasteiger partial charge in [-0.1, -0.05) is 13.8 Å². The predicted octanol–water partition coefficient (Wildman–Crippen LogP) is 1.48. The van der Waals surface area contributed by atoms with Gasteiger partial charge in [0.2, 0.25) is 10.0 Å². The van der Waals surface area contributed by atoms with Gasteiger partial charge in [0.05, 0.1) is 10.5 Å². The maximum atomic E-state index is 13.4. The Morgan fingerprint density at radius 1 is 1.29 bits per heavy atom. The first-order chi connectivity index (χ1) is 9.51. The highest BCUT2D eigenvalue weighted by molar-refractivity contribution is 7.89. The number of rotatable bonds is 2. The molecule has 5 nitrogen and oxygen atoms in total. The fraction of sp³-hybridized carbons (Fsp3) is 0.462. The fourth-order valence-corrected chi connectivity index (χ4v) is 3.11. The van der Waals surface area contributed by atoms with E-state index >= 15 is 0 Å². The molecule has 2 N–H and O–H groups in total. The van der Waals surface area contributed by atoms with Gasteiger partial charge in [0.1, 0.15) is 0 Å². The zero-order chi connectivity index (χ0) is 16.0. The minimum atomic E-state index is -4.33. The molecule has 1 fully saturated rings. The summed E-state index contributed by atoms with van der Waals surface area (Å²) in [7, 11) is -4.33. The van der Waals surface area contributed by atoms with Crippen LogP contribution in [-0.4, -0.2) is 32.3 Å². The van der Waals surface area contributed by atoms with Crippen LogP contribution in [0.15, 0.2) is 17.0 Å². The lowest BCUT2D eigenvalue weighted by molar-refractivity contribution is 0.0773. The van der Waals surface area contributed by atoms with Crippen LogP contribution in [0.2, 0.25) is 0 Å². The van der Waals surface area contributed by atoms with E-state index in [1.165, 1.54) is 4.90 Å². The van der Waals surface area contributed by atoms with Crippen LogP contribution in [0.3, 0.4) is 0 Å². The Bertz CT molecular complexity index is 702. The van der Waals surface area contributed by atoms with E-state index in [0.29, 0.717) is 25.2 Å². The van der Waals surface area contributed by atoms with Crippen molar-refractivity contribution in [2.24, 2.45) is 10.6 Å². The van der Waals surface area contributed by atoms with Gasteiger partial charge in [0.25, 0.3) is 5.91 Å². The SMILES string of the molecule is CC1(C)CCN(C(=O)c2cc(F)c(F)cc2S(N)(=O)=O)C1. The molecule has 116 valence electrons. The third-order valence-corrected chi connectivity index (χ3v) is 4.47. The standard InChI is InChI=1S/C13H16F2N2O3S/c1-13(2)3-4-17(7-13)12(18)8-5-9(14)10(15)6-11(8)21(16,19)20/h5-6H,3-4,7H2,1-2H3,(H2,16,19,20). The van der Waals surface area contributed by atoms with Gasteiger partial charge in [-0.3, -0.25) is 4.79 Å². The van der Waals surface area contributed by atoms with Gasteiger partial charge >= 0.3 is 0 Å². The molecule has 1 aromatic carbocycles. The van der Waals surface area contributed by atoms with Crippen molar-refractivity contribution in [3.63, 3.8) is 0 Å². The maximum absolute atomic E-state index is 13.4. The maximum Gasteiger partial charge on any atom is 0.255 e. The first-order valence-electron chi connectivity index (χ1n) is 6.32. The van der Waals surface area contributed by atoms with E-state index in [1.807, 2.05) is 13.8 Å². The highest BCUT2D eigenvalue weighted by atomic mass is 32.2. The van der Waals surface area contributed by atoms with Crippen LogP contribution in [0.1, 0.15) is 30.6 Å². The van der Waals surface area contributed by atoms with Gasteiger partial charge in [-0.25, -0.2) is 22.3 Å². The second-order valence-corrected chi connectivity index (χ2v) is 7.48. The lowest BCUT2D eigenvalue weighted by Crippen LogP contribution is -2.32.